The van der Waals surface area contributed by atoms with Gasteiger partial charge >= 0.3 is 0 Å². The second-order valence-electron chi connectivity index (χ2n) is 5.56. The van der Waals surface area contributed by atoms with E-state index in [0.717, 1.165) is 5.56 Å². The first-order valence-electron chi connectivity index (χ1n) is 7.45. The summed E-state index contributed by atoms with van der Waals surface area (Å²) in [6.45, 7) is 4.04. The molecule has 120 valence electrons. The molecule has 23 heavy (non-hydrogen) atoms. The molecule has 2 aromatic rings. The Morgan fingerprint density at radius 1 is 1.00 bits per heavy atom. The summed E-state index contributed by atoms with van der Waals surface area (Å²) in [6.07, 6.45) is 0. The van der Waals surface area contributed by atoms with Gasteiger partial charge in [0.15, 0.2) is 10.4 Å². The molecule has 0 saturated carbocycles. The summed E-state index contributed by atoms with van der Waals surface area (Å²) in [5.41, 5.74) is 1.76. The zero-order chi connectivity index (χ0) is 16.4. The van der Waals surface area contributed by atoms with E-state index in [0.29, 0.717) is 42.2 Å². The smallest absolute Gasteiger partial charge is 0.289 e. The second kappa shape index (κ2) is 6.58. The fourth-order valence-corrected chi connectivity index (χ4v) is 2.96. The first-order valence-corrected chi connectivity index (χ1v) is 8.24. The van der Waals surface area contributed by atoms with Crippen molar-refractivity contribution >= 4 is 27.7 Å². The van der Waals surface area contributed by atoms with Crippen LogP contribution in [-0.4, -0.2) is 47.8 Å². The van der Waals surface area contributed by atoms with E-state index in [2.05, 4.69) is 15.9 Å². The summed E-state index contributed by atoms with van der Waals surface area (Å²) in [4.78, 5) is 28.3. The number of amides is 2. The van der Waals surface area contributed by atoms with Crippen molar-refractivity contribution in [1.82, 2.24) is 9.80 Å². The van der Waals surface area contributed by atoms with Gasteiger partial charge in [-0.2, -0.15) is 0 Å². The number of hydrogen-bond donors (Lipinski definition) is 0. The average molecular weight is 377 g/mol. The molecule has 0 unspecified atom stereocenters. The van der Waals surface area contributed by atoms with Crippen molar-refractivity contribution in [3.63, 3.8) is 0 Å². The lowest BCUT2D eigenvalue weighted by molar-refractivity contribution is 0.0517. The summed E-state index contributed by atoms with van der Waals surface area (Å²) in [6, 6.07) is 10.9. The Hall–Kier alpha value is -2.08. The van der Waals surface area contributed by atoms with Gasteiger partial charge in [-0.15, -0.1) is 0 Å². The molecule has 0 radical (unpaired) electrons. The maximum atomic E-state index is 12.5. The third-order valence-electron chi connectivity index (χ3n) is 3.90. The van der Waals surface area contributed by atoms with Crippen LogP contribution in [0.1, 0.15) is 26.5 Å². The molecule has 1 aromatic carbocycles. The molecule has 0 bridgehead atoms. The van der Waals surface area contributed by atoms with Crippen LogP contribution in [0.15, 0.2) is 45.5 Å². The molecule has 3 rings (SSSR count). The molecule has 2 amide bonds. The number of hydrogen-bond acceptors (Lipinski definition) is 3. The van der Waals surface area contributed by atoms with Gasteiger partial charge in [0.2, 0.25) is 0 Å². The van der Waals surface area contributed by atoms with Gasteiger partial charge in [-0.05, 0) is 47.1 Å². The summed E-state index contributed by atoms with van der Waals surface area (Å²) in [5.74, 6) is 0.190. The molecule has 2 heterocycles. The predicted octanol–water partition coefficient (Wildman–Crippen LogP) is 2.95. The minimum atomic E-state index is -0.140. The zero-order valence-electron chi connectivity index (χ0n) is 12.8. The maximum Gasteiger partial charge on any atom is 0.289 e. The predicted molar refractivity (Wildman–Crippen MR) is 89.4 cm³/mol. The first kappa shape index (κ1) is 15.8. The molecule has 0 N–H and O–H groups in total. The van der Waals surface area contributed by atoms with Crippen LogP contribution < -0.4 is 0 Å². The first-order chi connectivity index (χ1) is 11.0. The molecular formula is C17H17BrN2O3. The van der Waals surface area contributed by atoms with Crippen LogP contribution in [0, 0.1) is 6.92 Å². The molecule has 1 aromatic heterocycles. The standard InChI is InChI=1S/C17H17BrN2O3/c1-12-3-2-4-13(11-12)16(21)19-7-9-20(10-8-19)17(22)14-5-6-15(18)23-14/h2-6,11H,7-10H2,1H3. The van der Waals surface area contributed by atoms with Crippen LogP contribution in [0.25, 0.3) is 0 Å². The van der Waals surface area contributed by atoms with Crippen LogP contribution in [0.5, 0.6) is 0 Å². The van der Waals surface area contributed by atoms with E-state index < -0.39 is 0 Å². The van der Waals surface area contributed by atoms with Crippen molar-refractivity contribution in [2.24, 2.45) is 0 Å². The van der Waals surface area contributed by atoms with Crippen molar-refractivity contribution in [2.75, 3.05) is 26.2 Å². The van der Waals surface area contributed by atoms with Crippen LogP contribution in [0.4, 0.5) is 0 Å². The molecule has 0 spiro atoms. The molecule has 1 saturated heterocycles. The molecule has 1 aliphatic heterocycles. The van der Waals surface area contributed by atoms with E-state index in [1.807, 2.05) is 31.2 Å². The number of nitrogens with zero attached hydrogens (tertiary/aromatic N) is 2. The van der Waals surface area contributed by atoms with Crippen LogP contribution in [0.2, 0.25) is 0 Å². The minimum Gasteiger partial charge on any atom is -0.444 e. The third kappa shape index (κ3) is 3.47. The quantitative estimate of drug-likeness (QED) is 0.809. The van der Waals surface area contributed by atoms with Crippen LogP contribution in [0.3, 0.4) is 0 Å². The van der Waals surface area contributed by atoms with Gasteiger partial charge in [-0.1, -0.05) is 17.7 Å². The minimum absolute atomic E-state index is 0.0153. The highest BCUT2D eigenvalue weighted by molar-refractivity contribution is 9.10. The highest BCUT2D eigenvalue weighted by atomic mass is 79.9. The highest BCUT2D eigenvalue weighted by Crippen LogP contribution is 2.17. The Morgan fingerprint density at radius 3 is 2.22 bits per heavy atom. The largest absolute Gasteiger partial charge is 0.444 e. The topological polar surface area (TPSA) is 53.8 Å². The lowest BCUT2D eigenvalue weighted by atomic mass is 10.1. The molecule has 1 fully saturated rings. The molecule has 0 atom stereocenters. The van der Waals surface area contributed by atoms with E-state index >= 15 is 0 Å². The number of furan rings is 1. The number of aryl methyl sites for hydroxylation is 1. The summed E-state index contributed by atoms with van der Waals surface area (Å²) >= 11 is 3.19. The van der Waals surface area contributed by atoms with Gasteiger partial charge in [-0.3, -0.25) is 9.59 Å². The number of piperazine rings is 1. The number of halogens is 1. The second-order valence-corrected chi connectivity index (χ2v) is 6.34. The lowest BCUT2D eigenvalue weighted by Crippen LogP contribution is -2.50. The molecule has 6 heteroatoms. The lowest BCUT2D eigenvalue weighted by Gasteiger charge is -2.34. The molecular weight excluding hydrogens is 360 g/mol. The Kier molecular flexibility index (Phi) is 4.52. The van der Waals surface area contributed by atoms with Crippen LogP contribution in [-0.2, 0) is 0 Å². The number of rotatable bonds is 2. The van der Waals surface area contributed by atoms with Crippen LogP contribution >= 0.6 is 15.9 Å². The summed E-state index contributed by atoms with van der Waals surface area (Å²) < 4.78 is 5.84. The van der Waals surface area contributed by atoms with Gasteiger partial charge in [0.25, 0.3) is 11.8 Å². The molecule has 1 aliphatic rings. The van der Waals surface area contributed by atoms with E-state index in [4.69, 9.17) is 4.42 Å². The zero-order valence-corrected chi connectivity index (χ0v) is 14.4. The average Bonchev–Trinajstić information content (AvgIpc) is 3.00. The van der Waals surface area contributed by atoms with E-state index in [1.54, 1.807) is 21.9 Å². The van der Waals surface area contributed by atoms with Gasteiger partial charge in [0, 0.05) is 31.7 Å². The van der Waals surface area contributed by atoms with Gasteiger partial charge in [0.1, 0.15) is 0 Å². The Morgan fingerprint density at radius 2 is 1.65 bits per heavy atom. The Balaban J connectivity index is 1.62. The van der Waals surface area contributed by atoms with Crippen molar-refractivity contribution in [2.45, 2.75) is 6.92 Å². The third-order valence-corrected chi connectivity index (χ3v) is 4.33. The molecule has 0 aliphatic carbocycles. The van der Waals surface area contributed by atoms with Gasteiger partial charge in [0.05, 0.1) is 0 Å². The normalized spacial score (nSPS) is 14.9. The number of carbonyl (C=O) groups excluding carboxylic acids is 2. The fraction of sp³-hybridized carbons (Fsp3) is 0.294. The fourth-order valence-electron chi connectivity index (χ4n) is 2.66. The van der Waals surface area contributed by atoms with E-state index in [-0.39, 0.29) is 11.8 Å². The summed E-state index contributed by atoms with van der Waals surface area (Å²) in [7, 11) is 0. The number of carbonyl (C=O) groups is 2. The summed E-state index contributed by atoms with van der Waals surface area (Å²) in [5, 5.41) is 0. The highest BCUT2D eigenvalue weighted by Gasteiger charge is 2.26. The molecule has 5 nitrogen and oxygen atoms in total. The van der Waals surface area contributed by atoms with Gasteiger partial charge in [-0.25, -0.2) is 0 Å². The van der Waals surface area contributed by atoms with Crippen molar-refractivity contribution in [3.05, 3.63) is 58.0 Å². The van der Waals surface area contributed by atoms with E-state index in [1.165, 1.54) is 0 Å². The van der Waals surface area contributed by atoms with Crippen molar-refractivity contribution < 1.29 is 14.0 Å². The Labute approximate surface area is 143 Å². The maximum absolute atomic E-state index is 12.5. The number of benzene rings is 1. The van der Waals surface area contributed by atoms with Crippen molar-refractivity contribution in [3.8, 4) is 0 Å². The Bertz CT molecular complexity index is 733. The van der Waals surface area contributed by atoms with Crippen molar-refractivity contribution in [1.29, 1.82) is 0 Å². The van der Waals surface area contributed by atoms with E-state index in [9.17, 15) is 9.59 Å². The van der Waals surface area contributed by atoms with Gasteiger partial charge < -0.3 is 14.2 Å². The monoisotopic (exact) mass is 376 g/mol. The SMILES string of the molecule is Cc1cccc(C(=O)N2CCN(C(=O)c3ccc(Br)o3)CC2)c1.